The Bertz CT molecular complexity index is 885. The minimum Gasteiger partial charge on any atom is -0.497 e. The Hall–Kier alpha value is -2.18. The van der Waals surface area contributed by atoms with Crippen LogP contribution in [0.3, 0.4) is 0 Å². The highest BCUT2D eigenvalue weighted by Gasteiger charge is 2.27. The molecule has 132 valence electrons. The molecule has 0 aromatic heterocycles. The zero-order valence-corrected chi connectivity index (χ0v) is 15.0. The van der Waals surface area contributed by atoms with Crippen LogP contribution in [-0.4, -0.2) is 27.9 Å². The number of hydrogen-bond donors (Lipinski definition) is 0. The molecule has 0 amide bonds. The normalized spacial score (nSPS) is 17.2. The molecule has 6 heteroatoms. The van der Waals surface area contributed by atoms with Gasteiger partial charge in [-0.1, -0.05) is 23.8 Å². The number of fused-ring (bicyclic) bond motifs is 1. The second kappa shape index (κ2) is 6.98. The van der Waals surface area contributed by atoms with Gasteiger partial charge in [0.1, 0.15) is 5.75 Å². The van der Waals surface area contributed by atoms with Crippen molar-refractivity contribution in [2.24, 2.45) is 5.92 Å². The van der Waals surface area contributed by atoms with Gasteiger partial charge in [-0.05, 0) is 49.1 Å². The first-order valence-electron chi connectivity index (χ1n) is 8.05. The van der Waals surface area contributed by atoms with Gasteiger partial charge in [-0.3, -0.25) is 8.98 Å². The van der Waals surface area contributed by atoms with E-state index in [1.807, 2.05) is 13.0 Å². The Morgan fingerprint density at radius 2 is 1.80 bits per heavy atom. The van der Waals surface area contributed by atoms with Crippen molar-refractivity contribution < 1.29 is 22.1 Å². The maximum Gasteiger partial charge on any atom is 0.296 e. The molecule has 0 saturated carbocycles. The number of hydrogen-bond acceptors (Lipinski definition) is 5. The van der Waals surface area contributed by atoms with Crippen LogP contribution in [0, 0.1) is 12.8 Å². The maximum atomic E-state index is 12.3. The number of rotatable bonds is 5. The van der Waals surface area contributed by atoms with E-state index in [1.165, 1.54) is 12.1 Å². The van der Waals surface area contributed by atoms with Gasteiger partial charge in [-0.25, -0.2) is 0 Å². The summed E-state index contributed by atoms with van der Waals surface area (Å²) in [5.41, 5.74) is 2.53. The van der Waals surface area contributed by atoms with Gasteiger partial charge < -0.3 is 4.74 Å². The van der Waals surface area contributed by atoms with Crippen molar-refractivity contribution in [1.29, 1.82) is 0 Å². The van der Waals surface area contributed by atoms with E-state index >= 15 is 0 Å². The molecular weight excluding hydrogens is 340 g/mol. The van der Waals surface area contributed by atoms with Crippen molar-refractivity contribution in [3.63, 3.8) is 0 Å². The van der Waals surface area contributed by atoms with E-state index in [4.69, 9.17) is 8.92 Å². The number of benzene rings is 2. The summed E-state index contributed by atoms with van der Waals surface area (Å²) in [4.78, 5) is 12.5. The fourth-order valence-corrected chi connectivity index (χ4v) is 3.93. The number of carbonyl (C=O) groups excluding carboxylic acids is 1. The van der Waals surface area contributed by atoms with E-state index < -0.39 is 10.1 Å². The van der Waals surface area contributed by atoms with Crippen LogP contribution in [-0.2, 0) is 20.7 Å². The molecule has 5 nitrogen and oxygen atoms in total. The van der Waals surface area contributed by atoms with E-state index in [1.54, 1.807) is 31.4 Å². The van der Waals surface area contributed by atoms with Crippen LogP contribution in [0.25, 0.3) is 0 Å². The SMILES string of the molecule is COc1ccc2c(c1)C(=O)CC(COS(=O)(=O)c1ccc(C)cc1)C2. The largest absolute Gasteiger partial charge is 0.497 e. The monoisotopic (exact) mass is 360 g/mol. The van der Waals surface area contributed by atoms with E-state index in [-0.39, 0.29) is 29.6 Å². The van der Waals surface area contributed by atoms with Crippen molar-refractivity contribution in [1.82, 2.24) is 0 Å². The van der Waals surface area contributed by atoms with Gasteiger partial charge in [-0.2, -0.15) is 8.42 Å². The molecule has 0 aliphatic heterocycles. The summed E-state index contributed by atoms with van der Waals surface area (Å²) >= 11 is 0. The lowest BCUT2D eigenvalue weighted by Crippen LogP contribution is -2.25. The molecule has 25 heavy (non-hydrogen) atoms. The van der Waals surface area contributed by atoms with Crippen LogP contribution in [0.4, 0.5) is 0 Å². The highest BCUT2D eigenvalue weighted by atomic mass is 32.2. The first kappa shape index (κ1) is 17.6. The topological polar surface area (TPSA) is 69.7 Å². The standard InChI is InChI=1S/C19H20O5S/c1-13-3-7-17(8-4-13)25(21,22)24-12-14-9-15-5-6-16(23-2)11-18(15)19(20)10-14/h3-8,11,14H,9-10,12H2,1-2H3. The Morgan fingerprint density at radius 1 is 1.08 bits per heavy atom. The molecule has 1 aliphatic rings. The first-order valence-corrected chi connectivity index (χ1v) is 9.46. The minimum absolute atomic E-state index is 0.00653. The lowest BCUT2D eigenvalue weighted by Gasteiger charge is -2.23. The molecule has 0 heterocycles. The van der Waals surface area contributed by atoms with Crippen LogP contribution in [0.15, 0.2) is 47.4 Å². The van der Waals surface area contributed by atoms with Crippen molar-refractivity contribution in [3.8, 4) is 5.75 Å². The van der Waals surface area contributed by atoms with Gasteiger partial charge in [0.15, 0.2) is 5.78 Å². The third-order valence-corrected chi connectivity index (χ3v) is 5.66. The van der Waals surface area contributed by atoms with Crippen LogP contribution in [0.2, 0.25) is 0 Å². The van der Waals surface area contributed by atoms with Crippen LogP contribution in [0.5, 0.6) is 5.75 Å². The molecule has 3 rings (SSSR count). The molecule has 0 fully saturated rings. The lowest BCUT2D eigenvalue weighted by molar-refractivity contribution is 0.0927. The average molecular weight is 360 g/mol. The van der Waals surface area contributed by atoms with Gasteiger partial charge in [0.25, 0.3) is 10.1 Å². The fourth-order valence-electron chi connectivity index (χ4n) is 2.95. The molecule has 1 unspecified atom stereocenters. The first-order chi connectivity index (χ1) is 11.9. The summed E-state index contributed by atoms with van der Waals surface area (Å²) in [6, 6.07) is 11.9. The quantitative estimate of drug-likeness (QED) is 0.766. The summed E-state index contributed by atoms with van der Waals surface area (Å²) in [5, 5.41) is 0. The number of methoxy groups -OCH3 is 1. The van der Waals surface area contributed by atoms with Crippen LogP contribution >= 0.6 is 0 Å². The van der Waals surface area contributed by atoms with Gasteiger partial charge in [0.2, 0.25) is 0 Å². The van der Waals surface area contributed by atoms with Crippen LogP contribution < -0.4 is 4.74 Å². The molecule has 2 aromatic carbocycles. The van der Waals surface area contributed by atoms with Gasteiger partial charge in [0, 0.05) is 12.0 Å². The Morgan fingerprint density at radius 3 is 2.48 bits per heavy atom. The van der Waals surface area contributed by atoms with Crippen molar-refractivity contribution >= 4 is 15.9 Å². The molecule has 2 aromatic rings. The van der Waals surface area contributed by atoms with E-state index in [0.717, 1.165) is 11.1 Å². The maximum absolute atomic E-state index is 12.3. The van der Waals surface area contributed by atoms with E-state index in [9.17, 15) is 13.2 Å². The van der Waals surface area contributed by atoms with Crippen molar-refractivity contribution in [3.05, 3.63) is 59.2 Å². The molecule has 1 aliphatic carbocycles. The lowest BCUT2D eigenvalue weighted by atomic mass is 9.83. The average Bonchev–Trinajstić information content (AvgIpc) is 2.60. The van der Waals surface area contributed by atoms with Crippen molar-refractivity contribution in [2.75, 3.05) is 13.7 Å². The summed E-state index contributed by atoms with van der Waals surface area (Å²) < 4.78 is 34.9. The molecule has 0 spiro atoms. The van der Waals surface area contributed by atoms with E-state index in [0.29, 0.717) is 17.7 Å². The zero-order valence-electron chi connectivity index (χ0n) is 14.2. The second-order valence-corrected chi connectivity index (χ2v) is 7.89. The number of Topliss-reactive ketones (excluding diaryl/α,β-unsaturated/α-hetero) is 1. The summed E-state index contributed by atoms with van der Waals surface area (Å²) in [6.07, 6.45) is 0.873. The highest BCUT2D eigenvalue weighted by molar-refractivity contribution is 7.86. The Balaban J connectivity index is 1.70. The summed E-state index contributed by atoms with van der Waals surface area (Å²) in [5.74, 6) is 0.471. The molecule has 0 N–H and O–H groups in total. The number of ether oxygens (including phenoxy) is 1. The van der Waals surface area contributed by atoms with Crippen LogP contribution in [0.1, 0.15) is 27.9 Å². The molecular formula is C19H20O5S. The van der Waals surface area contributed by atoms with Crippen molar-refractivity contribution in [2.45, 2.75) is 24.7 Å². The smallest absolute Gasteiger partial charge is 0.296 e. The van der Waals surface area contributed by atoms with E-state index in [2.05, 4.69) is 0 Å². The molecule has 0 saturated heterocycles. The second-order valence-electron chi connectivity index (χ2n) is 6.27. The third-order valence-electron chi connectivity index (χ3n) is 4.37. The number of ketones is 1. The molecule has 0 bridgehead atoms. The highest BCUT2D eigenvalue weighted by Crippen LogP contribution is 2.29. The fraction of sp³-hybridized carbons (Fsp3) is 0.316. The third kappa shape index (κ3) is 3.91. The Labute approximate surface area is 147 Å². The predicted molar refractivity (Wildman–Crippen MR) is 93.5 cm³/mol. The predicted octanol–water partition coefficient (Wildman–Crippen LogP) is 3.15. The van der Waals surface area contributed by atoms with Gasteiger partial charge in [-0.15, -0.1) is 0 Å². The Kier molecular flexibility index (Phi) is 4.92. The van der Waals surface area contributed by atoms with Gasteiger partial charge >= 0.3 is 0 Å². The molecule has 0 radical (unpaired) electrons. The zero-order chi connectivity index (χ0) is 18.0. The minimum atomic E-state index is -3.81. The number of aryl methyl sites for hydroxylation is 1. The molecule has 1 atom stereocenters. The summed E-state index contributed by atoms with van der Waals surface area (Å²) in [7, 11) is -2.26. The number of carbonyl (C=O) groups is 1. The van der Waals surface area contributed by atoms with Gasteiger partial charge in [0.05, 0.1) is 18.6 Å². The summed E-state index contributed by atoms with van der Waals surface area (Å²) in [6.45, 7) is 1.88.